The molecule has 12 heteroatoms. The van der Waals surface area contributed by atoms with Crippen LogP contribution >= 0.6 is 0 Å². The summed E-state index contributed by atoms with van der Waals surface area (Å²) in [5.74, 6) is -3.61. The zero-order valence-electron chi connectivity index (χ0n) is 24.1. The maximum absolute atomic E-state index is 13.6. The first-order chi connectivity index (χ1) is 20.9. The highest BCUT2D eigenvalue weighted by Gasteiger charge is 2.48. The molecule has 4 N–H and O–H groups in total. The summed E-state index contributed by atoms with van der Waals surface area (Å²) >= 11 is 0. The van der Waals surface area contributed by atoms with Gasteiger partial charge in [-0.15, -0.1) is 0 Å². The fourth-order valence-electron chi connectivity index (χ4n) is 4.95. The minimum absolute atomic E-state index is 0.180. The summed E-state index contributed by atoms with van der Waals surface area (Å²) in [7, 11) is 0. The average Bonchev–Trinajstić information content (AvgIpc) is 3.00. The third-order valence-electron chi connectivity index (χ3n) is 7.42. The first-order valence-corrected chi connectivity index (χ1v) is 14.0. The third kappa shape index (κ3) is 7.75. The molecular formula is C32H33F2N3O7. The first kappa shape index (κ1) is 32.1. The maximum Gasteiger partial charge on any atom is 0.325 e. The first-order valence-electron chi connectivity index (χ1n) is 14.0. The fourth-order valence-corrected chi connectivity index (χ4v) is 4.95. The lowest BCUT2D eigenvalue weighted by atomic mass is 9.78. The predicted molar refractivity (Wildman–Crippen MR) is 155 cm³/mol. The molecule has 232 valence electrons. The van der Waals surface area contributed by atoms with Crippen LogP contribution in [0.4, 0.5) is 14.5 Å². The van der Waals surface area contributed by atoms with Crippen molar-refractivity contribution in [3.63, 3.8) is 0 Å². The Morgan fingerprint density at radius 1 is 0.886 bits per heavy atom. The summed E-state index contributed by atoms with van der Waals surface area (Å²) in [5.41, 5.74) is 1.81. The van der Waals surface area contributed by atoms with E-state index in [-0.39, 0.29) is 12.3 Å². The molecule has 1 saturated heterocycles. The summed E-state index contributed by atoms with van der Waals surface area (Å²) < 4.78 is 32.4. The number of ether oxygens (including phenoxy) is 1. The molecule has 1 aliphatic heterocycles. The van der Waals surface area contributed by atoms with Crippen molar-refractivity contribution in [2.75, 3.05) is 11.5 Å². The molecule has 3 unspecified atom stereocenters. The number of benzene rings is 3. The summed E-state index contributed by atoms with van der Waals surface area (Å²) in [6, 6.07) is 15.3. The van der Waals surface area contributed by atoms with Crippen molar-refractivity contribution in [2.45, 2.75) is 50.9 Å². The zero-order valence-corrected chi connectivity index (χ0v) is 24.1. The molecule has 0 saturated carbocycles. The Kier molecular flexibility index (Phi) is 10.3. The van der Waals surface area contributed by atoms with E-state index in [9.17, 15) is 33.1 Å². The second-order valence-corrected chi connectivity index (χ2v) is 10.6. The van der Waals surface area contributed by atoms with E-state index in [2.05, 4.69) is 10.6 Å². The van der Waals surface area contributed by atoms with Gasteiger partial charge in [-0.25, -0.2) is 8.78 Å². The number of carbonyl (C=O) groups is 4. The molecule has 44 heavy (non-hydrogen) atoms. The number of nitrogens with zero attached hydrogens (tertiary/aromatic N) is 1. The molecule has 3 aromatic rings. The monoisotopic (exact) mass is 609 g/mol. The number of carbonyl (C=O) groups excluding carboxylic acids is 3. The van der Waals surface area contributed by atoms with E-state index >= 15 is 0 Å². The van der Waals surface area contributed by atoms with Crippen LogP contribution in [0.15, 0.2) is 72.8 Å². The number of halogens is 2. The number of aliphatic hydroxyl groups excluding tert-OH is 1. The van der Waals surface area contributed by atoms with Crippen molar-refractivity contribution in [1.29, 1.82) is 0 Å². The molecule has 0 spiro atoms. The van der Waals surface area contributed by atoms with Gasteiger partial charge in [-0.3, -0.25) is 19.2 Å². The minimum Gasteiger partial charge on any atom is -0.484 e. The Labute approximate surface area is 252 Å². The van der Waals surface area contributed by atoms with Gasteiger partial charge in [0.1, 0.15) is 29.5 Å². The molecule has 3 amide bonds. The lowest BCUT2D eigenvalue weighted by Crippen LogP contribution is -2.55. The van der Waals surface area contributed by atoms with Gasteiger partial charge in [0.05, 0.1) is 18.1 Å². The Bertz CT molecular complexity index is 1480. The van der Waals surface area contributed by atoms with Crippen molar-refractivity contribution in [1.82, 2.24) is 10.6 Å². The number of nitrogens with one attached hydrogen (secondary N) is 2. The van der Waals surface area contributed by atoms with Crippen molar-refractivity contribution < 1.29 is 42.9 Å². The average molecular weight is 610 g/mol. The molecule has 0 aromatic heterocycles. The molecule has 0 aliphatic carbocycles. The molecule has 1 heterocycles. The van der Waals surface area contributed by atoms with Gasteiger partial charge < -0.3 is 30.5 Å². The van der Waals surface area contributed by atoms with Gasteiger partial charge in [-0.1, -0.05) is 24.3 Å². The number of aliphatic hydroxyl groups is 1. The van der Waals surface area contributed by atoms with Crippen molar-refractivity contribution in [3.8, 4) is 5.75 Å². The molecule has 4 rings (SSSR count). The molecule has 1 aliphatic rings. The maximum atomic E-state index is 13.6. The van der Waals surface area contributed by atoms with Crippen molar-refractivity contribution in [3.05, 3.63) is 95.6 Å². The van der Waals surface area contributed by atoms with Gasteiger partial charge in [-0.2, -0.15) is 0 Å². The van der Waals surface area contributed by atoms with Crippen LogP contribution in [0.5, 0.6) is 5.75 Å². The zero-order chi connectivity index (χ0) is 32.0. The lowest BCUT2D eigenvalue weighted by Gasteiger charge is -2.48. The van der Waals surface area contributed by atoms with E-state index in [1.165, 1.54) is 62.4 Å². The highest BCUT2D eigenvalue weighted by molar-refractivity contribution is 6.03. The summed E-state index contributed by atoms with van der Waals surface area (Å²) in [4.78, 5) is 50.1. The summed E-state index contributed by atoms with van der Waals surface area (Å²) in [6.45, 7) is 2.32. The second kappa shape index (κ2) is 14.1. The minimum atomic E-state index is -1.20. The number of carboxylic acid groups (broad SMARTS) is 1. The molecule has 5 atom stereocenters. The SMILES string of the molecule is C[C@H](NC(=O)[C@H](C)NC(=O)COc1ccc(C2C(CCC(O)c3ccc(F)cc3)C(=O)N2c2ccc(F)cc2)cc1)C(=O)O. The number of β-lactam (4-membered cyclic amide) rings is 1. The smallest absolute Gasteiger partial charge is 0.325 e. The van der Waals surface area contributed by atoms with Crippen LogP contribution in [-0.2, 0) is 19.2 Å². The van der Waals surface area contributed by atoms with E-state index in [1.807, 2.05) is 0 Å². The highest BCUT2D eigenvalue weighted by Crippen LogP contribution is 2.46. The van der Waals surface area contributed by atoms with Crippen molar-refractivity contribution >= 4 is 29.4 Å². The number of rotatable bonds is 13. The van der Waals surface area contributed by atoms with Crippen LogP contribution in [0.25, 0.3) is 0 Å². The van der Waals surface area contributed by atoms with Crippen LogP contribution < -0.4 is 20.3 Å². The molecule has 3 aromatic carbocycles. The van der Waals surface area contributed by atoms with E-state index < -0.39 is 66.2 Å². The molecule has 0 bridgehead atoms. The number of aliphatic carboxylic acids is 1. The molecule has 10 nitrogen and oxygen atoms in total. The predicted octanol–water partition coefficient (Wildman–Crippen LogP) is 3.66. The summed E-state index contributed by atoms with van der Waals surface area (Å²) in [5, 5.41) is 24.3. The van der Waals surface area contributed by atoms with E-state index in [0.717, 1.165) is 5.56 Å². The van der Waals surface area contributed by atoms with Gasteiger partial charge in [0.15, 0.2) is 6.61 Å². The van der Waals surface area contributed by atoms with Gasteiger partial charge in [0.2, 0.25) is 11.8 Å². The Hall–Kier alpha value is -4.84. The normalized spacial score (nSPS) is 18.0. The van der Waals surface area contributed by atoms with Gasteiger partial charge in [-0.05, 0) is 86.3 Å². The third-order valence-corrected chi connectivity index (χ3v) is 7.42. The van der Waals surface area contributed by atoms with E-state index in [0.29, 0.717) is 23.4 Å². The standard InChI is InChI=1S/C32H33F2N3O7/c1-18(30(40)36-19(2)32(42)43)35-28(39)17-44-25-13-5-21(6-14-25)29-26(15-16-27(38)20-3-7-22(33)8-4-20)31(41)37(29)24-11-9-23(34)10-12-24/h3-14,18-19,26-27,29,38H,15-17H2,1-2H3,(H,35,39)(H,36,40)(H,42,43)/t18-,19-,26?,27?,29?/m0/s1. The van der Waals surface area contributed by atoms with E-state index in [4.69, 9.17) is 9.84 Å². The number of hydrogen-bond donors (Lipinski definition) is 4. The fraction of sp³-hybridized carbons (Fsp3) is 0.312. The second-order valence-electron chi connectivity index (χ2n) is 10.6. The molecule has 0 radical (unpaired) electrons. The quantitative estimate of drug-likeness (QED) is 0.217. The number of carboxylic acids is 1. The van der Waals surface area contributed by atoms with Gasteiger partial charge >= 0.3 is 5.97 Å². The summed E-state index contributed by atoms with van der Waals surface area (Å²) in [6.07, 6.45) is -0.285. The van der Waals surface area contributed by atoms with Crippen LogP contribution in [0.1, 0.15) is 50.0 Å². The lowest BCUT2D eigenvalue weighted by molar-refractivity contribution is -0.141. The van der Waals surface area contributed by atoms with Gasteiger partial charge in [0.25, 0.3) is 5.91 Å². The molecule has 1 fully saturated rings. The van der Waals surface area contributed by atoms with Crippen LogP contribution in [0, 0.1) is 17.6 Å². The Morgan fingerprint density at radius 3 is 2.07 bits per heavy atom. The van der Waals surface area contributed by atoms with Crippen LogP contribution in [0.3, 0.4) is 0 Å². The van der Waals surface area contributed by atoms with Crippen LogP contribution in [0.2, 0.25) is 0 Å². The largest absolute Gasteiger partial charge is 0.484 e. The van der Waals surface area contributed by atoms with E-state index in [1.54, 1.807) is 29.2 Å². The number of hydrogen-bond acceptors (Lipinski definition) is 6. The highest BCUT2D eigenvalue weighted by atomic mass is 19.1. The topological polar surface area (TPSA) is 145 Å². The van der Waals surface area contributed by atoms with Gasteiger partial charge in [0, 0.05) is 5.69 Å². The van der Waals surface area contributed by atoms with Crippen molar-refractivity contribution in [2.24, 2.45) is 5.92 Å². The number of anilines is 1. The number of amides is 3. The molecular weight excluding hydrogens is 576 g/mol. The Balaban J connectivity index is 1.40. The van der Waals surface area contributed by atoms with Crippen LogP contribution in [-0.4, -0.2) is 52.6 Å². The Morgan fingerprint density at radius 2 is 1.48 bits per heavy atom.